The van der Waals surface area contributed by atoms with Crippen molar-refractivity contribution in [2.75, 3.05) is 13.1 Å². The molecule has 2 aromatic carbocycles. The van der Waals surface area contributed by atoms with Crippen molar-refractivity contribution >= 4 is 57.7 Å². The molecule has 4 heterocycles. The van der Waals surface area contributed by atoms with Crippen LogP contribution >= 0.6 is 34.7 Å². The van der Waals surface area contributed by atoms with Crippen LogP contribution in [0, 0.1) is 0 Å². The lowest BCUT2D eigenvalue weighted by Crippen LogP contribution is -2.43. The number of aromatic nitrogens is 3. The van der Waals surface area contributed by atoms with Gasteiger partial charge >= 0.3 is 0 Å². The number of nitrogens with one attached hydrogen (secondary N) is 1. The third kappa shape index (κ3) is 5.18. The maximum atomic E-state index is 13.9. The number of halogens is 1. The zero-order chi connectivity index (χ0) is 28.7. The molecular formula is C30H26ClN5O3S2. The lowest BCUT2D eigenvalue weighted by atomic mass is 9.94. The van der Waals surface area contributed by atoms with Crippen LogP contribution in [0.4, 0.5) is 0 Å². The fourth-order valence-electron chi connectivity index (χ4n) is 4.91. The van der Waals surface area contributed by atoms with Crippen LogP contribution in [-0.4, -0.2) is 38.4 Å². The third-order valence-corrected chi connectivity index (χ3v) is 8.97. The summed E-state index contributed by atoms with van der Waals surface area (Å²) in [6.45, 7) is 6.81. The zero-order valence-corrected chi connectivity index (χ0v) is 24.9. The number of H-pyrrole nitrogens is 1. The summed E-state index contributed by atoms with van der Waals surface area (Å²) in [6, 6.07) is 18.1. The van der Waals surface area contributed by atoms with Crippen molar-refractivity contribution in [3.05, 3.63) is 108 Å². The molecule has 0 aliphatic carbocycles. The van der Waals surface area contributed by atoms with Crippen LogP contribution in [0.2, 0.25) is 5.02 Å². The van der Waals surface area contributed by atoms with E-state index in [0.29, 0.717) is 49.6 Å². The van der Waals surface area contributed by atoms with Crippen molar-refractivity contribution < 1.29 is 9.21 Å². The van der Waals surface area contributed by atoms with Gasteiger partial charge in [0.25, 0.3) is 11.5 Å². The SMILES string of the molecule is CCN(CC)C(=O)C1=C(C)N=c2s/c(=C/c3ccc(Sc4nc5ccccc5[nH]4)o3)c(=O)n2[C@@H]1c1ccc(Cl)cc1. The van der Waals surface area contributed by atoms with E-state index in [1.807, 2.05) is 69.3 Å². The number of amides is 1. The number of furan rings is 1. The van der Waals surface area contributed by atoms with Crippen LogP contribution in [0.25, 0.3) is 17.1 Å². The number of nitrogens with zero attached hydrogens (tertiary/aromatic N) is 4. The number of thiazole rings is 1. The van der Waals surface area contributed by atoms with Crippen LogP contribution in [0.3, 0.4) is 0 Å². The van der Waals surface area contributed by atoms with Gasteiger partial charge in [0.2, 0.25) is 0 Å². The normalized spacial score (nSPS) is 15.3. The second-order valence-corrected chi connectivity index (χ2v) is 11.9. The van der Waals surface area contributed by atoms with Crippen molar-refractivity contribution in [1.29, 1.82) is 0 Å². The first kappa shape index (κ1) is 27.3. The van der Waals surface area contributed by atoms with E-state index in [1.54, 1.807) is 27.7 Å². The van der Waals surface area contributed by atoms with Gasteiger partial charge in [0.1, 0.15) is 5.76 Å². The highest BCUT2D eigenvalue weighted by Gasteiger charge is 2.34. The van der Waals surface area contributed by atoms with E-state index in [0.717, 1.165) is 21.8 Å². The summed E-state index contributed by atoms with van der Waals surface area (Å²) in [4.78, 5) is 42.4. The molecular weight excluding hydrogens is 578 g/mol. The van der Waals surface area contributed by atoms with Crippen molar-refractivity contribution in [1.82, 2.24) is 19.4 Å². The second-order valence-electron chi connectivity index (χ2n) is 9.43. The number of carbonyl (C=O) groups is 1. The average Bonchev–Trinajstić information content (AvgIpc) is 3.66. The highest BCUT2D eigenvalue weighted by molar-refractivity contribution is 7.99. The maximum absolute atomic E-state index is 13.9. The molecule has 208 valence electrons. The first-order chi connectivity index (χ1) is 19.9. The lowest BCUT2D eigenvalue weighted by Gasteiger charge is -2.29. The fraction of sp³-hybridized carbons (Fsp3) is 0.200. The van der Waals surface area contributed by atoms with Gasteiger partial charge in [0, 0.05) is 24.2 Å². The van der Waals surface area contributed by atoms with Gasteiger partial charge < -0.3 is 14.3 Å². The van der Waals surface area contributed by atoms with Gasteiger partial charge in [0.05, 0.1) is 32.9 Å². The Hall–Kier alpha value is -3.86. The first-order valence-electron chi connectivity index (χ1n) is 13.2. The molecule has 0 bridgehead atoms. The number of benzene rings is 2. The van der Waals surface area contributed by atoms with E-state index in [4.69, 9.17) is 21.0 Å². The summed E-state index contributed by atoms with van der Waals surface area (Å²) in [5, 5.41) is 1.94. The van der Waals surface area contributed by atoms with Crippen molar-refractivity contribution in [3.8, 4) is 0 Å². The minimum Gasteiger partial charge on any atom is -0.450 e. The van der Waals surface area contributed by atoms with Crippen LogP contribution in [-0.2, 0) is 4.79 Å². The number of aromatic amines is 1. The lowest BCUT2D eigenvalue weighted by molar-refractivity contribution is -0.127. The Morgan fingerprint density at radius 1 is 1.15 bits per heavy atom. The second kappa shape index (κ2) is 11.2. The van der Waals surface area contributed by atoms with Gasteiger partial charge in [0.15, 0.2) is 15.1 Å². The van der Waals surface area contributed by atoms with Crippen molar-refractivity contribution in [2.45, 2.75) is 37.1 Å². The minimum atomic E-state index is -0.630. The van der Waals surface area contributed by atoms with Crippen LogP contribution < -0.4 is 14.9 Å². The highest BCUT2D eigenvalue weighted by atomic mass is 35.5. The standard InChI is InChI=1S/C30H26ClN5O3S2/c1-4-35(5-2)28(38)25-17(3)32-30-36(26(25)18-10-12-19(31)13-11-18)27(37)23(40-30)16-20-14-15-24(39-20)41-29-33-21-8-6-7-9-22(21)34-29/h6-16,26H,4-5H2,1-3H3,(H,33,34)/b23-16+/t26-/m1/s1. The van der Waals surface area contributed by atoms with Crippen LogP contribution in [0.5, 0.6) is 0 Å². The molecule has 1 N–H and O–H groups in total. The summed E-state index contributed by atoms with van der Waals surface area (Å²) >= 11 is 8.82. The van der Waals surface area contributed by atoms with Gasteiger partial charge in [-0.25, -0.2) is 9.98 Å². The molecule has 0 saturated heterocycles. The Balaban J connectivity index is 1.40. The smallest absolute Gasteiger partial charge is 0.271 e. The van der Waals surface area contributed by atoms with E-state index in [1.165, 1.54) is 23.1 Å². The molecule has 1 atom stereocenters. The van der Waals surface area contributed by atoms with E-state index in [9.17, 15) is 9.59 Å². The molecule has 6 rings (SSSR count). The monoisotopic (exact) mass is 603 g/mol. The Labute approximate surface area is 248 Å². The molecule has 5 aromatic rings. The molecule has 1 amide bonds. The summed E-state index contributed by atoms with van der Waals surface area (Å²) in [6.07, 6.45) is 1.72. The molecule has 1 aliphatic rings. The number of fused-ring (bicyclic) bond motifs is 2. The summed E-state index contributed by atoms with van der Waals surface area (Å²) in [5.41, 5.74) is 3.46. The van der Waals surface area contributed by atoms with E-state index >= 15 is 0 Å². The molecule has 41 heavy (non-hydrogen) atoms. The zero-order valence-electron chi connectivity index (χ0n) is 22.6. The molecule has 8 nitrogen and oxygen atoms in total. The Kier molecular flexibility index (Phi) is 7.46. The predicted octanol–water partition coefficient (Wildman–Crippen LogP) is 5.38. The number of imidazole rings is 1. The number of carbonyl (C=O) groups excluding carboxylic acids is 1. The molecule has 11 heteroatoms. The molecule has 0 unspecified atom stereocenters. The quantitative estimate of drug-likeness (QED) is 0.270. The Bertz CT molecular complexity index is 1950. The van der Waals surface area contributed by atoms with Gasteiger partial charge in [-0.1, -0.05) is 47.2 Å². The maximum Gasteiger partial charge on any atom is 0.271 e. The number of hydrogen-bond acceptors (Lipinski definition) is 7. The average molecular weight is 604 g/mol. The van der Waals surface area contributed by atoms with E-state index in [2.05, 4.69) is 9.97 Å². The summed E-state index contributed by atoms with van der Waals surface area (Å²) in [5.74, 6) is 0.399. The number of para-hydroxylation sites is 2. The van der Waals surface area contributed by atoms with Gasteiger partial charge in [-0.3, -0.25) is 14.2 Å². The number of likely N-dealkylation sites (N-methyl/N-ethyl adjacent to an activating group) is 1. The Morgan fingerprint density at radius 2 is 1.90 bits per heavy atom. The Morgan fingerprint density at radius 3 is 2.63 bits per heavy atom. The number of hydrogen-bond donors (Lipinski definition) is 1. The molecule has 1 aliphatic heterocycles. The summed E-state index contributed by atoms with van der Waals surface area (Å²) < 4.78 is 8.10. The van der Waals surface area contributed by atoms with Crippen molar-refractivity contribution in [2.24, 2.45) is 4.99 Å². The molecule has 0 saturated carbocycles. The molecule has 3 aromatic heterocycles. The minimum absolute atomic E-state index is 0.135. The summed E-state index contributed by atoms with van der Waals surface area (Å²) in [7, 11) is 0. The van der Waals surface area contributed by atoms with Gasteiger partial charge in [-0.2, -0.15) is 0 Å². The topological polar surface area (TPSA) is 96.5 Å². The highest BCUT2D eigenvalue weighted by Crippen LogP contribution is 2.32. The number of allylic oxidation sites excluding steroid dienone is 1. The number of rotatable bonds is 7. The molecule has 0 fully saturated rings. The molecule has 0 radical (unpaired) electrons. The fourth-order valence-corrected chi connectivity index (χ4v) is 6.83. The predicted molar refractivity (Wildman–Crippen MR) is 162 cm³/mol. The van der Waals surface area contributed by atoms with E-state index in [-0.39, 0.29) is 11.5 Å². The largest absolute Gasteiger partial charge is 0.450 e. The first-order valence-corrected chi connectivity index (χ1v) is 15.2. The van der Waals surface area contributed by atoms with Crippen molar-refractivity contribution in [3.63, 3.8) is 0 Å². The molecule has 0 spiro atoms. The van der Waals surface area contributed by atoms with E-state index < -0.39 is 6.04 Å². The van der Waals surface area contributed by atoms with Crippen LogP contribution in [0.1, 0.15) is 38.1 Å². The van der Waals surface area contributed by atoms with Gasteiger partial charge in [-0.05, 0) is 74.5 Å². The van der Waals surface area contributed by atoms with Gasteiger partial charge in [-0.15, -0.1) is 0 Å². The third-order valence-electron chi connectivity index (χ3n) is 6.93. The van der Waals surface area contributed by atoms with Crippen LogP contribution in [0.15, 0.2) is 96.4 Å².